The summed E-state index contributed by atoms with van der Waals surface area (Å²) in [4.78, 5) is 2.49. The molecule has 19 heteroatoms. The SMILES string of the molecule is N#Cc1cccc(Oc2ccc(S(=O)(=O)C(F)F)c3cccnc23)c1.O=S(=O)(c1ccc(Oc2cc(F)cc(Cl)c2)c(CC(O)CO)c1)C(F)(F)F. The Hall–Kier alpha value is -4.93. The molecule has 0 aliphatic heterocycles. The van der Waals surface area contributed by atoms with Crippen LogP contribution in [0.4, 0.5) is 26.3 Å². The number of nitrogens with zero attached hydrogens (tertiary/aromatic N) is 2. The lowest BCUT2D eigenvalue weighted by Crippen LogP contribution is -2.23. The molecule has 2 N–H and O–H groups in total. The van der Waals surface area contributed by atoms with Gasteiger partial charge in [0.15, 0.2) is 5.75 Å². The predicted octanol–water partition coefficient (Wildman–Crippen LogP) is 7.36. The van der Waals surface area contributed by atoms with E-state index in [0.717, 1.165) is 24.3 Å². The van der Waals surface area contributed by atoms with Gasteiger partial charge in [-0.3, -0.25) is 4.98 Å². The summed E-state index contributed by atoms with van der Waals surface area (Å²) in [6.07, 6.45) is -0.386. The monoisotopic (exact) mass is 788 g/mol. The summed E-state index contributed by atoms with van der Waals surface area (Å²) in [5.41, 5.74) is -5.14. The maximum atomic E-state index is 13.4. The maximum Gasteiger partial charge on any atom is 0.501 e. The van der Waals surface area contributed by atoms with E-state index < -0.39 is 65.7 Å². The third kappa shape index (κ3) is 9.29. The van der Waals surface area contributed by atoms with Crippen LogP contribution < -0.4 is 9.47 Å². The van der Waals surface area contributed by atoms with Gasteiger partial charge < -0.3 is 19.7 Å². The van der Waals surface area contributed by atoms with Gasteiger partial charge in [0.05, 0.1) is 34.1 Å². The Bertz CT molecular complexity index is 2340. The van der Waals surface area contributed by atoms with Crippen LogP contribution in [-0.4, -0.2) is 56.0 Å². The molecule has 1 atom stereocenters. The van der Waals surface area contributed by atoms with Crippen LogP contribution in [0, 0.1) is 17.1 Å². The third-order valence-electron chi connectivity index (χ3n) is 6.80. The number of hydrogen-bond acceptors (Lipinski definition) is 10. The minimum Gasteiger partial charge on any atom is -0.457 e. The van der Waals surface area contributed by atoms with Crippen molar-refractivity contribution in [1.82, 2.24) is 4.98 Å². The molecule has 0 spiro atoms. The van der Waals surface area contributed by atoms with Crippen LogP contribution in [0.15, 0.2) is 101 Å². The molecule has 274 valence electrons. The highest BCUT2D eigenvalue weighted by Gasteiger charge is 2.47. The average Bonchev–Trinajstić information content (AvgIpc) is 3.08. The fourth-order valence-electron chi connectivity index (χ4n) is 4.45. The molecule has 0 saturated carbocycles. The van der Waals surface area contributed by atoms with E-state index in [4.69, 9.17) is 31.4 Å². The van der Waals surface area contributed by atoms with Crippen molar-refractivity contribution in [3.8, 4) is 29.1 Å². The first-order valence-electron chi connectivity index (χ1n) is 14.3. The van der Waals surface area contributed by atoms with Crippen molar-refractivity contribution in [1.29, 1.82) is 5.26 Å². The Morgan fingerprint density at radius 3 is 2.21 bits per heavy atom. The molecule has 1 unspecified atom stereocenters. The number of fused-ring (bicyclic) bond motifs is 1. The van der Waals surface area contributed by atoms with Crippen LogP contribution >= 0.6 is 11.6 Å². The number of sulfone groups is 2. The van der Waals surface area contributed by atoms with Gasteiger partial charge in [0, 0.05) is 29.1 Å². The van der Waals surface area contributed by atoms with E-state index in [1.807, 2.05) is 6.07 Å². The van der Waals surface area contributed by atoms with Crippen molar-refractivity contribution >= 4 is 42.2 Å². The second-order valence-corrected chi connectivity index (χ2v) is 14.7. The van der Waals surface area contributed by atoms with E-state index in [9.17, 15) is 48.3 Å². The van der Waals surface area contributed by atoms with Crippen molar-refractivity contribution in [3.63, 3.8) is 0 Å². The van der Waals surface area contributed by atoms with Gasteiger partial charge in [0.1, 0.15) is 28.6 Å². The highest BCUT2D eigenvalue weighted by molar-refractivity contribution is 7.92. The summed E-state index contributed by atoms with van der Waals surface area (Å²) in [5.74, 6) is -3.95. The van der Waals surface area contributed by atoms with Gasteiger partial charge in [-0.25, -0.2) is 21.2 Å². The molecule has 0 saturated heterocycles. The van der Waals surface area contributed by atoms with E-state index in [2.05, 4.69) is 4.98 Å². The Balaban J connectivity index is 0.000000233. The minimum absolute atomic E-state index is 0.00166. The molecule has 1 heterocycles. The lowest BCUT2D eigenvalue weighted by atomic mass is 10.1. The van der Waals surface area contributed by atoms with E-state index in [1.165, 1.54) is 36.5 Å². The average molecular weight is 789 g/mol. The first kappa shape index (κ1) is 39.8. The van der Waals surface area contributed by atoms with Crippen LogP contribution in [0.2, 0.25) is 5.02 Å². The molecule has 0 aliphatic rings. The van der Waals surface area contributed by atoms with Crippen LogP contribution in [0.25, 0.3) is 10.9 Å². The Kier molecular flexibility index (Phi) is 12.4. The fourth-order valence-corrected chi connectivity index (χ4v) is 6.40. The van der Waals surface area contributed by atoms with Crippen molar-refractivity contribution < 1.29 is 62.9 Å². The highest BCUT2D eigenvalue weighted by atomic mass is 35.5. The van der Waals surface area contributed by atoms with Crippen molar-refractivity contribution in [2.24, 2.45) is 0 Å². The van der Waals surface area contributed by atoms with E-state index in [0.29, 0.717) is 23.4 Å². The minimum atomic E-state index is -5.63. The molecule has 0 fully saturated rings. The lowest BCUT2D eigenvalue weighted by Gasteiger charge is -2.16. The lowest BCUT2D eigenvalue weighted by molar-refractivity contribution is -0.0436. The zero-order valence-electron chi connectivity index (χ0n) is 25.9. The number of halogens is 7. The largest absolute Gasteiger partial charge is 0.501 e. The molecule has 10 nitrogen and oxygen atoms in total. The number of aromatic nitrogens is 1. The number of aliphatic hydroxyl groups is 2. The molecule has 5 rings (SSSR count). The summed E-state index contributed by atoms with van der Waals surface area (Å²) in [5, 5.41) is 27.5. The molecular formula is C33H23ClF6N2O8S2. The van der Waals surface area contributed by atoms with Crippen molar-refractivity contribution in [2.75, 3.05) is 6.61 Å². The number of nitriles is 1. The zero-order valence-corrected chi connectivity index (χ0v) is 28.3. The Morgan fingerprint density at radius 2 is 1.58 bits per heavy atom. The van der Waals surface area contributed by atoms with Crippen LogP contribution in [-0.2, 0) is 26.1 Å². The smallest absolute Gasteiger partial charge is 0.457 e. The quantitative estimate of drug-likeness (QED) is 0.137. The summed E-state index contributed by atoms with van der Waals surface area (Å²) in [6.45, 7) is -0.721. The van der Waals surface area contributed by atoms with Gasteiger partial charge in [-0.15, -0.1) is 0 Å². The number of alkyl halides is 5. The molecular weight excluding hydrogens is 766 g/mol. The van der Waals surface area contributed by atoms with E-state index in [1.54, 1.807) is 18.2 Å². The first-order valence-corrected chi connectivity index (χ1v) is 17.7. The summed E-state index contributed by atoms with van der Waals surface area (Å²) >= 11 is 5.70. The second-order valence-electron chi connectivity index (χ2n) is 10.5. The fraction of sp³-hybridized carbons (Fsp3) is 0.152. The number of pyridine rings is 1. The molecule has 4 aromatic carbocycles. The maximum absolute atomic E-state index is 13.4. The Labute approximate surface area is 296 Å². The predicted molar refractivity (Wildman–Crippen MR) is 174 cm³/mol. The zero-order chi connectivity index (χ0) is 38.4. The van der Waals surface area contributed by atoms with Crippen molar-refractivity contribution in [3.05, 3.63) is 113 Å². The number of ether oxygens (including phenoxy) is 2. The topological polar surface area (TPSA) is 164 Å². The molecule has 0 bridgehead atoms. The van der Waals surface area contributed by atoms with Crippen LogP contribution in [0.3, 0.4) is 0 Å². The second kappa shape index (κ2) is 16.2. The van der Waals surface area contributed by atoms with E-state index >= 15 is 0 Å². The van der Waals surface area contributed by atoms with Gasteiger partial charge in [-0.05, 0) is 78.4 Å². The van der Waals surface area contributed by atoms with Gasteiger partial charge in [0.2, 0.25) is 9.84 Å². The number of benzene rings is 4. The third-order valence-corrected chi connectivity index (χ3v) is 9.94. The van der Waals surface area contributed by atoms with Crippen LogP contribution in [0.1, 0.15) is 11.1 Å². The number of aliphatic hydroxyl groups excluding tert-OH is 2. The Morgan fingerprint density at radius 1 is 0.885 bits per heavy atom. The first-order chi connectivity index (χ1) is 24.4. The normalized spacial score (nSPS) is 12.5. The molecule has 1 aromatic heterocycles. The summed E-state index contributed by atoms with van der Waals surface area (Å²) < 4.78 is 135. The number of hydrogen-bond donors (Lipinski definition) is 2. The summed E-state index contributed by atoms with van der Waals surface area (Å²) in [6, 6.07) is 19.0. The molecule has 0 aliphatic carbocycles. The van der Waals surface area contributed by atoms with Gasteiger partial charge in [-0.1, -0.05) is 17.7 Å². The molecule has 5 aromatic rings. The molecule has 0 amide bonds. The van der Waals surface area contributed by atoms with Crippen LogP contribution in [0.5, 0.6) is 23.0 Å². The van der Waals surface area contributed by atoms with Crippen molar-refractivity contribution in [2.45, 2.75) is 33.6 Å². The number of rotatable bonds is 10. The standard InChI is InChI=1S/C17H10F2N2O3S.C16H13ClF4O5S/c18-17(19)25(22,23)15-7-6-14(16-13(15)5-2-8-21-16)24-12-4-1-3-11(9-12)10-20;17-10-5-11(18)7-13(6-10)26-15-2-1-14(27(24,25)16(19,20)21)4-9(15)3-12(23)8-22/h1-9,17H;1-2,4-7,12,22-23H,3,8H2. The van der Waals surface area contributed by atoms with E-state index in [-0.39, 0.29) is 38.7 Å². The molecule has 52 heavy (non-hydrogen) atoms. The highest BCUT2D eigenvalue weighted by Crippen LogP contribution is 2.36. The van der Waals surface area contributed by atoms with Gasteiger partial charge >= 0.3 is 11.3 Å². The van der Waals surface area contributed by atoms with Gasteiger partial charge in [-0.2, -0.15) is 27.2 Å². The molecule has 0 radical (unpaired) electrons. The summed E-state index contributed by atoms with van der Waals surface area (Å²) in [7, 11) is -10.4. The van der Waals surface area contributed by atoms with Gasteiger partial charge in [0.25, 0.3) is 9.84 Å².